The summed E-state index contributed by atoms with van der Waals surface area (Å²) in [6, 6.07) is 22.1. The Labute approximate surface area is 189 Å². The van der Waals surface area contributed by atoms with E-state index in [1.54, 1.807) is 41.0 Å². The maximum Gasteiger partial charge on any atom is 0.266 e. The molecule has 1 heterocycles. The summed E-state index contributed by atoms with van der Waals surface area (Å²) in [4.78, 5) is 30.6. The summed E-state index contributed by atoms with van der Waals surface area (Å²) in [5.74, 6) is -0.138. The zero-order valence-corrected chi connectivity index (χ0v) is 18.4. The van der Waals surface area contributed by atoms with Crippen molar-refractivity contribution in [1.29, 1.82) is 0 Å². The molecule has 0 unspecified atom stereocenters. The van der Waals surface area contributed by atoms with Gasteiger partial charge in [0.05, 0.1) is 33.1 Å². The number of aromatic nitrogens is 2. The van der Waals surface area contributed by atoms with Crippen molar-refractivity contribution < 1.29 is 4.79 Å². The lowest BCUT2D eigenvalue weighted by atomic mass is 10.1. The van der Waals surface area contributed by atoms with Gasteiger partial charge >= 0.3 is 0 Å². The highest BCUT2D eigenvalue weighted by Gasteiger charge is 2.16. The molecule has 0 aliphatic carbocycles. The smallest absolute Gasteiger partial charge is 0.266 e. The van der Waals surface area contributed by atoms with Gasteiger partial charge in [-0.3, -0.25) is 14.2 Å². The molecule has 1 amide bonds. The third-order valence-electron chi connectivity index (χ3n) is 4.84. The van der Waals surface area contributed by atoms with Crippen molar-refractivity contribution in [2.45, 2.75) is 18.5 Å². The Morgan fingerprint density at radius 2 is 1.74 bits per heavy atom. The lowest BCUT2D eigenvalue weighted by molar-refractivity contribution is -0.113. The van der Waals surface area contributed by atoms with Crippen LogP contribution in [0.2, 0.25) is 5.02 Å². The van der Waals surface area contributed by atoms with Gasteiger partial charge in [-0.15, -0.1) is 0 Å². The molecular weight excluding hydrogens is 430 g/mol. The first kappa shape index (κ1) is 21.2. The van der Waals surface area contributed by atoms with E-state index in [1.165, 1.54) is 11.8 Å². The van der Waals surface area contributed by atoms with Crippen LogP contribution in [0.25, 0.3) is 16.6 Å². The summed E-state index contributed by atoms with van der Waals surface area (Å²) >= 11 is 7.35. The highest BCUT2D eigenvalue weighted by atomic mass is 35.5. The Morgan fingerprint density at radius 3 is 2.55 bits per heavy atom. The van der Waals surface area contributed by atoms with Gasteiger partial charge in [0, 0.05) is 0 Å². The Bertz CT molecular complexity index is 1320. The molecule has 7 heteroatoms. The van der Waals surface area contributed by atoms with E-state index in [0.717, 1.165) is 17.7 Å². The average molecular weight is 450 g/mol. The average Bonchev–Trinajstić information content (AvgIpc) is 2.79. The number of rotatable bonds is 6. The van der Waals surface area contributed by atoms with Gasteiger partial charge in [0.2, 0.25) is 5.91 Å². The van der Waals surface area contributed by atoms with Gasteiger partial charge < -0.3 is 5.32 Å². The van der Waals surface area contributed by atoms with Gasteiger partial charge in [-0.05, 0) is 42.3 Å². The summed E-state index contributed by atoms with van der Waals surface area (Å²) in [6.07, 6.45) is 0.770. The van der Waals surface area contributed by atoms with E-state index < -0.39 is 0 Å². The Kier molecular flexibility index (Phi) is 6.39. The number of amides is 1. The van der Waals surface area contributed by atoms with E-state index in [-0.39, 0.29) is 17.2 Å². The zero-order valence-electron chi connectivity index (χ0n) is 16.8. The summed E-state index contributed by atoms with van der Waals surface area (Å²) < 4.78 is 1.61. The van der Waals surface area contributed by atoms with E-state index in [4.69, 9.17) is 16.6 Å². The van der Waals surface area contributed by atoms with Crippen molar-refractivity contribution >= 4 is 45.9 Å². The second-order valence-corrected chi connectivity index (χ2v) is 8.20. The number of anilines is 1. The van der Waals surface area contributed by atoms with Crippen LogP contribution in [0, 0.1) is 0 Å². The fourth-order valence-electron chi connectivity index (χ4n) is 3.33. The molecular formula is C24H20ClN3O2S. The minimum absolute atomic E-state index is 0.0876. The van der Waals surface area contributed by atoms with E-state index in [2.05, 4.69) is 5.32 Å². The molecule has 1 N–H and O–H groups in total. The minimum Gasteiger partial charge on any atom is -0.324 e. The summed E-state index contributed by atoms with van der Waals surface area (Å²) in [5.41, 5.74) is 2.81. The lowest BCUT2D eigenvalue weighted by Crippen LogP contribution is -2.23. The molecule has 0 saturated carbocycles. The molecule has 3 aromatic carbocycles. The fraction of sp³-hybridized carbons (Fsp3) is 0.125. The minimum atomic E-state index is -0.226. The van der Waals surface area contributed by atoms with Crippen LogP contribution in [0.1, 0.15) is 12.5 Å². The molecule has 4 rings (SSSR count). The van der Waals surface area contributed by atoms with Gasteiger partial charge in [0.1, 0.15) is 0 Å². The van der Waals surface area contributed by atoms with Crippen molar-refractivity contribution in [3.05, 3.63) is 93.7 Å². The highest BCUT2D eigenvalue weighted by Crippen LogP contribution is 2.25. The number of benzene rings is 3. The molecule has 0 spiro atoms. The molecule has 31 heavy (non-hydrogen) atoms. The third kappa shape index (κ3) is 4.50. The summed E-state index contributed by atoms with van der Waals surface area (Å²) in [5, 5.41) is 4.29. The highest BCUT2D eigenvalue weighted by molar-refractivity contribution is 7.99. The molecule has 0 bridgehead atoms. The van der Waals surface area contributed by atoms with E-state index in [1.807, 2.05) is 43.3 Å². The van der Waals surface area contributed by atoms with Crippen molar-refractivity contribution in [3.63, 3.8) is 0 Å². The molecule has 0 fully saturated rings. The van der Waals surface area contributed by atoms with Crippen molar-refractivity contribution in [2.75, 3.05) is 11.1 Å². The number of fused-ring (bicyclic) bond motifs is 1. The van der Waals surface area contributed by atoms with Crippen LogP contribution in [0.5, 0.6) is 0 Å². The van der Waals surface area contributed by atoms with Crippen LogP contribution in [-0.2, 0) is 11.2 Å². The number of halogens is 1. The van der Waals surface area contributed by atoms with Gasteiger partial charge in [0.15, 0.2) is 5.16 Å². The Balaban J connectivity index is 1.72. The standard InChI is InChI=1S/C24H20ClN3O2S/c1-2-16-9-3-8-14-21(16)28-23(30)17-10-4-6-12-19(17)27-24(28)31-15-22(29)26-20-13-7-5-11-18(20)25/h3-14H,2,15H2,1H3,(H,26,29). The molecule has 0 atom stereocenters. The first-order valence-corrected chi connectivity index (χ1v) is 11.2. The maximum absolute atomic E-state index is 13.4. The van der Waals surface area contributed by atoms with Gasteiger partial charge in [-0.1, -0.05) is 72.8 Å². The second-order valence-electron chi connectivity index (χ2n) is 6.85. The van der Waals surface area contributed by atoms with Gasteiger partial charge in [0.25, 0.3) is 5.56 Å². The van der Waals surface area contributed by atoms with Crippen molar-refractivity contribution in [3.8, 4) is 5.69 Å². The number of para-hydroxylation sites is 3. The second kappa shape index (κ2) is 9.37. The topological polar surface area (TPSA) is 64.0 Å². The number of carbonyl (C=O) groups is 1. The Morgan fingerprint density at radius 1 is 1.03 bits per heavy atom. The monoisotopic (exact) mass is 449 g/mol. The van der Waals surface area contributed by atoms with Gasteiger partial charge in [-0.2, -0.15) is 0 Å². The number of aryl methyl sites for hydroxylation is 1. The molecule has 5 nitrogen and oxygen atoms in total. The number of nitrogens with zero attached hydrogens (tertiary/aromatic N) is 2. The van der Waals surface area contributed by atoms with Crippen molar-refractivity contribution in [2.24, 2.45) is 0 Å². The number of nitrogens with one attached hydrogen (secondary N) is 1. The molecule has 4 aromatic rings. The van der Waals surface area contributed by atoms with E-state index in [0.29, 0.717) is 26.8 Å². The number of hydrogen-bond acceptors (Lipinski definition) is 4. The largest absolute Gasteiger partial charge is 0.324 e. The quantitative estimate of drug-likeness (QED) is 0.319. The molecule has 0 aliphatic rings. The number of hydrogen-bond donors (Lipinski definition) is 1. The first-order chi connectivity index (χ1) is 15.1. The van der Waals surface area contributed by atoms with Crippen molar-refractivity contribution in [1.82, 2.24) is 9.55 Å². The molecule has 0 aliphatic heterocycles. The Hall–Kier alpha value is -3.09. The predicted octanol–water partition coefficient (Wildman–Crippen LogP) is 5.33. The maximum atomic E-state index is 13.4. The van der Waals surface area contributed by atoms with E-state index >= 15 is 0 Å². The molecule has 1 aromatic heterocycles. The first-order valence-electron chi connectivity index (χ1n) is 9.85. The SMILES string of the molecule is CCc1ccccc1-n1c(SCC(=O)Nc2ccccc2Cl)nc2ccccc2c1=O. The summed E-state index contributed by atoms with van der Waals surface area (Å²) in [6.45, 7) is 2.04. The van der Waals surface area contributed by atoms with Crippen LogP contribution in [0.15, 0.2) is 82.7 Å². The zero-order chi connectivity index (χ0) is 21.8. The normalized spacial score (nSPS) is 10.9. The summed E-state index contributed by atoms with van der Waals surface area (Å²) in [7, 11) is 0. The molecule has 0 saturated heterocycles. The predicted molar refractivity (Wildman–Crippen MR) is 128 cm³/mol. The van der Waals surface area contributed by atoms with Crippen LogP contribution < -0.4 is 10.9 Å². The molecule has 156 valence electrons. The van der Waals surface area contributed by atoms with Crippen LogP contribution in [0.3, 0.4) is 0 Å². The van der Waals surface area contributed by atoms with Crippen LogP contribution in [0.4, 0.5) is 5.69 Å². The molecule has 0 radical (unpaired) electrons. The number of carbonyl (C=O) groups excluding carboxylic acids is 1. The van der Waals surface area contributed by atoms with E-state index in [9.17, 15) is 9.59 Å². The fourth-order valence-corrected chi connectivity index (χ4v) is 4.32. The number of thioether (sulfide) groups is 1. The third-order valence-corrected chi connectivity index (χ3v) is 6.11. The van der Waals surface area contributed by atoms with Crippen LogP contribution >= 0.6 is 23.4 Å². The van der Waals surface area contributed by atoms with Gasteiger partial charge in [-0.25, -0.2) is 4.98 Å². The lowest BCUT2D eigenvalue weighted by Gasteiger charge is -2.16. The van der Waals surface area contributed by atoms with Crippen LogP contribution in [-0.4, -0.2) is 21.2 Å².